The van der Waals surface area contributed by atoms with E-state index >= 15 is 0 Å². The van der Waals surface area contributed by atoms with Gasteiger partial charge < -0.3 is 5.73 Å². The quantitative estimate of drug-likeness (QED) is 0.729. The highest BCUT2D eigenvalue weighted by atomic mass is 32.2. The first-order chi connectivity index (χ1) is 6.83. The summed E-state index contributed by atoms with van der Waals surface area (Å²) in [5.41, 5.74) is 7.37. The van der Waals surface area contributed by atoms with Crippen LogP contribution in [-0.4, -0.2) is 17.5 Å². The number of hydrogen-bond donors (Lipinski definition) is 1. The van der Waals surface area contributed by atoms with Gasteiger partial charge in [-0.05, 0) is 24.2 Å². The summed E-state index contributed by atoms with van der Waals surface area (Å²) in [5.74, 6) is 2.30. The van der Waals surface area contributed by atoms with E-state index in [1.807, 2.05) is 17.8 Å². The predicted molar refractivity (Wildman–Crippen MR) is 65.7 cm³/mol. The van der Waals surface area contributed by atoms with Gasteiger partial charge >= 0.3 is 0 Å². The lowest BCUT2D eigenvalue weighted by Crippen LogP contribution is -2.25. The smallest absolute Gasteiger partial charge is 0.0171 e. The van der Waals surface area contributed by atoms with Crippen molar-refractivity contribution in [1.29, 1.82) is 0 Å². The van der Waals surface area contributed by atoms with Crippen LogP contribution in [0.4, 0.5) is 0 Å². The Kier molecular flexibility index (Phi) is 5.72. The highest BCUT2D eigenvalue weighted by Gasteiger charge is 2.02. The van der Waals surface area contributed by atoms with Crippen molar-refractivity contribution in [2.45, 2.75) is 25.8 Å². The molecule has 1 rings (SSSR count). The number of hydrogen-bond acceptors (Lipinski definition) is 2. The summed E-state index contributed by atoms with van der Waals surface area (Å²) >= 11 is 1.96. The zero-order chi connectivity index (χ0) is 10.2. The van der Waals surface area contributed by atoms with E-state index in [0.29, 0.717) is 6.04 Å². The maximum absolute atomic E-state index is 6.03. The topological polar surface area (TPSA) is 26.0 Å². The standard InChI is InChI=1S/C12H19NS/c1-2-8-14-10-12(13)9-11-6-4-3-5-7-11/h3-7,12H,2,8-10,13H2,1H3. The molecule has 0 aromatic heterocycles. The van der Waals surface area contributed by atoms with Crippen molar-refractivity contribution in [2.75, 3.05) is 11.5 Å². The number of benzene rings is 1. The summed E-state index contributed by atoms with van der Waals surface area (Å²) in [6, 6.07) is 10.8. The van der Waals surface area contributed by atoms with Gasteiger partial charge in [-0.1, -0.05) is 37.3 Å². The molecule has 1 aromatic carbocycles. The zero-order valence-corrected chi connectivity index (χ0v) is 9.59. The fourth-order valence-corrected chi connectivity index (χ4v) is 2.23. The fourth-order valence-electron chi connectivity index (χ4n) is 1.35. The van der Waals surface area contributed by atoms with E-state index < -0.39 is 0 Å². The highest BCUT2D eigenvalue weighted by molar-refractivity contribution is 7.99. The van der Waals surface area contributed by atoms with Crippen molar-refractivity contribution in [3.8, 4) is 0 Å². The molecule has 1 atom stereocenters. The molecule has 0 aliphatic rings. The third-order valence-electron chi connectivity index (χ3n) is 2.02. The van der Waals surface area contributed by atoms with E-state index in [1.54, 1.807) is 0 Å². The molecule has 2 heteroatoms. The Labute approximate surface area is 91.1 Å². The number of nitrogens with two attached hydrogens (primary N) is 1. The molecular weight excluding hydrogens is 190 g/mol. The summed E-state index contributed by atoms with van der Waals surface area (Å²) in [4.78, 5) is 0. The van der Waals surface area contributed by atoms with Crippen molar-refractivity contribution < 1.29 is 0 Å². The van der Waals surface area contributed by atoms with Gasteiger partial charge in [0.25, 0.3) is 0 Å². The Morgan fingerprint density at radius 1 is 1.29 bits per heavy atom. The van der Waals surface area contributed by atoms with Crippen LogP contribution in [0.2, 0.25) is 0 Å². The minimum absolute atomic E-state index is 0.300. The molecule has 0 radical (unpaired) electrons. The molecule has 14 heavy (non-hydrogen) atoms. The van der Waals surface area contributed by atoms with Crippen LogP contribution >= 0.6 is 11.8 Å². The van der Waals surface area contributed by atoms with E-state index in [1.165, 1.54) is 17.7 Å². The lowest BCUT2D eigenvalue weighted by molar-refractivity contribution is 0.748. The van der Waals surface area contributed by atoms with Crippen molar-refractivity contribution in [3.05, 3.63) is 35.9 Å². The van der Waals surface area contributed by atoms with Crippen LogP contribution in [0.5, 0.6) is 0 Å². The van der Waals surface area contributed by atoms with E-state index in [2.05, 4.69) is 31.2 Å². The second-order valence-corrected chi connectivity index (χ2v) is 4.67. The molecule has 0 heterocycles. The van der Waals surface area contributed by atoms with E-state index in [4.69, 9.17) is 5.73 Å². The van der Waals surface area contributed by atoms with Crippen LogP contribution in [-0.2, 0) is 6.42 Å². The average molecular weight is 209 g/mol. The molecule has 2 N–H and O–H groups in total. The van der Waals surface area contributed by atoms with E-state index in [-0.39, 0.29) is 0 Å². The van der Waals surface area contributed by atoms with Crippen molar-refractivity contribution >= 4 is 11.8 Å². The Balaban J connectivity index is 2.23. The molecule has 1 unspecified atom stereocenters. The Hall–Kier alpha value is -0.470. The Morgan fingerprint density at radius 3 is 2.64 bits per heavy atom. The monoisotopic (exact) mass is 209 g/mol. The second-order valence-electron chi connectivity index (χ2n) is 3.52. The van der Waals surface area contributed by atoms with E-state index in [0.717, 1.165) is 12.2 Å². The predicted octanol–water partition coefficient (Wildman–Crippen LogP) is 2.70. The summed E-state index contributed by atoms with van der Waals surface area (Å²) in [7, 11) is 0. The summed E-state index contributed by atoms with van der Waals surface area (Å²) < 4.78 is 0. The van der Waals surface area contributed by atoms with Gasteiger partial charge in [-0.25, -0.2) is 0 Å². The van der Waals surface area contributed by atoms with Gasteiger partial charge in [-0.2, -0.15) is 11.8 Å². The van der Waals surface area contributed by atoms with Crippen molar-refractivity contribution in [2.24, 2.45) is 5.73 Å². The van der Waals surface area contributed by atoms with E-state index in [9.17, 15) is 0 Å². The normalized spacial score (nSPS) is 12.7. The SMILES string of the molecule is CCCSCC(N)Cc1ccccc1. The lowest BCUT2D eigenvalue weighted by atomic mass is 10.1. The van der Waals surface area contributed by atoms with Gasteiger partial charge in [0, 0.05) is 11.8 Å². The Morgan fingerprint density at radius 2 is 2.00 bits per heavy atom. The molecule has 0 fully saturated rings. The summed E-state index contributed by atoms with van der Waals surface area (Å²) in [6.45, 7) is 2.20. The third-order valence-corrected chi connectivity index (χ3v) is 3.38. The van der Waals surface area contributed by atoms with Crippen LogP contribution in [0, 0.1) is 0 Å². The molecule has 1 nitrogen and oxygen atoms in total. The first-order valence-corrected chi connectivity index (χ1v) is 6.35. The van der Waals surface area contributed by atoms with Gasteiger partial charge in [0.15, 0.2) is 0 Å². The molecule has 0 aliphatic carbocycles. The highest BCUT2D eigenvalue weighted by Crippen LogP contribution is 2.08. The largest absolute Gasteiger partial charge is 0.327 e. The molecule has 0 amide bonds. The minimum Gasteiger partial charge on any atom is -0.327 e. The molecule has 0 spiro atoms. The van der Waals surface area contributed by atoms with Crippen molar-refractivity contribution in [1.82, 2.24) is 0 Å². The maximum atomic E-state index is 6.03. The van der Waals surface area contributed by atoms with Crippen LogP contribution in [0.25, 0.3) is 0 Å². The fraction of sp³-hybridized carbons (Fsp3) is 0.500. The van der Waals surface area contributed by atoms with Gasteiger partial charge in [0.05, 0.1) is 0 Å². The number of rotatable bonds is 6. The van der Waals surface area contributed by atoms with Gasteiger partial charge in [-0.3, -0.25) is 0 Å². The minimum atomic E-state index is 0.300. The van der Waals surface area contributed by atoms with Gasteiger partial charge in [0.2, 0.25) is 0 Å². The molecule has 1 aromatic rings. The average Bonchev–Trinajstić information content (AvgIpc) is 2.20. The molecule has 0 saturated carbocycles. The lowest BCUT2D eigenvalue weighted by Gasteiger charge is -2.10. The molecule has 0 aliphatic heterocycles. The van der Waals surface area contributed by atoms with Gasteiger partial charge in [-0.15, -0.1) is 0 Å². The van der Waals surface area contributed by atoms with Crippen molar-refractivity contribution in [3.63, 3.8) is 0 Å². The first kappa shape index (κ1) is 11.6. The van der Waals surface area contributed by atoms with Crippen LogP contribution < -0.4 is 5.73 Å². The molecule has 0 saturated heterocycles. The maximum Gasteiger partial charge on any atom is 0.0171 e. The first-order valence-electron chi connectivity index (χ1n) is 5.20. The molecule has 0 bridgehead atoms. The summed E-state index contributed by atoms with van der Waals surface area (Å²) in [5, 5.41) is 0. The molecule has 78 valence electrons. The third kappa shape index (κ3) is 4.68. The zero-order valence-electron chi connectivity index (χ0n) is 8.78. The van der Waals surface area contributed by atoms with Crippen LogP contribution in [0.15, 0.2) is 30.3 Å². The number of thioether (sulfide) groups is 1. The second kappa shape index (κ2) is 6.91. The molecular formula is C12H19NS. The van der Waals surface area contributed by atoms with Crippen LogP contribution in [0.1, 0.15) is 18.9 Å². The van der Waals surface area contributed by atoms with Crippen LogP contribution in [0.3, 0.4) is 0 Å². The summed E-state index contributed by atoms with van der Waals surface area (Å²) in [6.07, 6.45) is 2.24. The Bertz CT molecular complexity index is 235. The van der Waals surface area contributed by atoms with Gasteiger partial charge in [0.1, 0.15) is 0 Å².